The Morgan fingerprint density at radius 2 is 0.982 bits per heavy atom. The minimum Gasteiger partial charge on any atom is -0.494 e. The Morgan fingerprint density at radius 3 is 1.39 bits per heavy atom. The lowest BCUT2D eigenvalue weighted by Gasteiger charge is -2.37. The first-order valence-electron chi connectivity index (χ1n) is 20.1. The van der Waals surface area contributed by atoms with E-state index < -0.39 is 5.16 Å². The van der Waals surface area contributed by atoms with Crippen molar-refractivity contribution in [2.24, 2.45) is 0 Å². The summed E-state index contributed by atoms with van der Waals surface area (Å²) >= 11 is 0. The minimum absolute atomic E-state index is 0.309. The van der Waals surface area contributed by atoms with Crippen LogP contribution < -0.4 is 31.0 Å². The monoisotopic (exact) mass is 752 g/mol. The van der Waals surface area contributed by atoms with Crippen LogP contribution in [0.25, 0.3) is 0 Å². The van der Waals surface area contributed by atoms with Crippen molar-refractivity contribution in [3.05, 3.63) is 200 Å². The number of imidazole rings is 1. The lowest BCUT2D eigenvalue weighted by Crippen LogP contribution is -2.51. The average molecular weight is 753 g/mol. The van der Waals surface area contributed by atoms with Crippen LogP contribution in [0.1, 0.15) is 63.5 Å². The molecule has 2 radical (unpaired) electrons. The van der Waals surface area contributed by atoms with Crippen LogP contribution in [0, 0.1) is 0 Å². The molecule has 7 aromatic rings. The molecule has 282 valence electrons. The van der Waals surface area contributed by atoms with E-state index in [1.165, 1.54) is 58.4 Å². The van der Waals surface area contributed by atoms with E-state index in [-0.39, 0.29) is 0 Å². The summed E-state index contributed by atoms with van der Waals surface area (Å²) in [7, 11) is 0.424. The summed E-state index contributed by atoms with van der Waals surface area (Å²) in [5.41, 5.74) is 6.34. The van der Waals surface area contributed by atoms with Crippen molar-refractivity contribution in [2.75, 3.05) is 13.2 Å². The number of hydrogen-bond donors (Lipinski definition) is 0. The van der Waals surface area contributed by atoms with Crippen LogP contribution in [-0.2, 0) is 5.16 Å². The Hall–Kier alpha value is -5.59. The number of benzene rings is 6. The van der Waals surface area contributed by atoms with Crippen molar-refractivity contribution in [1.82, 2.24) is 9.55 Å². The van der Waals surface area contributed by atoms with Crippen molar-refractivity contribution >= 4 is 37.8 Å². The molecule has 1 heterocycles. The van der Waals surface area contributed by atoms with Crippen LogP contribution in [0.5, 0.6) is 11.5 Å². The molecule has 0 fully saturated rings. The van der Waals surface area contributed by atoms with Crippen LogP contribution in [0.3, 0.4) is 0 Å². The van der Waals surface area contributed by atoms with Gasteiger partial charge < -0.3 is 14.0 Å². The number of unbranched alkanes of at least 4 members (excludes halogenated alkanes) is 4. The maximum Gasteiger partial charge on any atom is 0.241 e. The zero-order valence-corrected chi connectivity index (χ0v) is 33.8. The van der Waals surface area contributed by atoms with Gasteiger partial charge in [0.25, 0.3) is 0 Å². The molecule has 6 heteroatoms. The molecule has 0 spiro atoms. The number of rotatable bonds is 18. The van der Waals surface area contributed by atoms with E-state index in [2.05, 4.69) is 199 Å². The van der Waals surface area contributed by atoms with E-state index in [0.29, 0.717) is 16.2 Å². The highest BCUT2D eigenvalue weighted by atomic mass is 28.2. The molecule has 0 aliphatic carbocycles. The van der Waals surface area contributed by atoms with E-state index in [0.717, 1.165) is 37.6 Å². The first kappa shape index (κ1) is 40.1. The Balaban J connectivity index is 0.000000233. The first-order valence-corrected chi connectivity index (χ1v) is 21.1. The molecular formula is C50H53BN2O2Si. The summed E-state index contributed by atoms with van der Waals surface area (Å²) in [6.07, 6.45) is 12.7. The molecule has 4 nitrogen and oxygen atoms in total. The van der Waals surface area contributed by atoms with Gasteiger partial charge in [-0.25, -0.2) is 4.98 Å². The Morgan fingerprint density at radius 1 is 0.536 bits per heavy atom. The standard InChI is InChI=1S/C32H38N2O2Si.C18H15B/c1-3-5-10-22-35-29-16-12-14-27(24-29)32(34-21-20-33-26-34,37-31-18-8-7-9-19-31)28-15-13-17-30(25-28)36-23-11-6-4-2;1-4-10-16(11-5-1)19(17-12-6-2-7-13-17)18-14-8-3-9-15-18/h7-9,12-21,24-26H,3-6,10-11,22-23H2,1-2H3;1-15H. The largest absolute Gasteiger partial charge is 0.494 e. The van der Waals surface area contributed by atoms with E-state index in [1.807, 2.05) is 12.5 Å². The molecule has 7 rings (SSSR count). The van der Waals surface area contributed by atoms with Gasteiger partial charge in [0, 0.05) is 12.4 Å². The van der Waals surface area contributed by atoms with E-state index in [9.17, 15) is 0 Å². The third-order valence-corrected chi connectivity index (χ3v) is 11.7. The number of aromatic nitrogens is 2. The lowest BCUT2D eigenvalue weighted by atomic mass is 9.37. The predicted octanol–water partition coefficient (Wildman–Crippen LogP) is 9.00. The van der Waals surface area contributed by atoms with Gasteiger partial charge in [-0.1, -0.05) is 207 Å². The maximum atomic E-state index is 6.20. The van der Waals surface area contributed by atoms with Crippen molar-refractivity contribution in [3.8, 4) is 11.5 Å². The average Bonchev–Trinajstić information content (AvgIpc) is 3.81. The molecule has 0 saturated heterocycles. The fraction of sp³-hybridized carbons (Fsp3) is 0.220. The molecule has 0 N–H and O–H groups in total. The second-order valence-corrected chi connectivity index (χ2v) is 15.6. The van der Waals surface area contributed by atoms with Crippen molar-refractivity contribution in [1.29, 1.82) is 0 Å². The van der Waals surface area contributed by atoms with Crippen LogP contribution >= 0.6 is 0 Å². The molecule has 1 aromatic heterocycles. The van der Waals surface area contributed by atoms with Gasteiger partial charge in [-0.2, -0.15) is 0 Å². The quantitative estimate of drug-likeness (QED) is 0.0649. The number of nitrogens with zero attached hydrogens (tertiary/aromatic N) is 2. The third-order valence-electron chi connectivity index (χ3n) is 9.93. The molecule has 6 aromatic carbocycles. The van der Waals surface area contributed by atoms with E-state index >= 15 is 0 Å². The summed E-state index contributed by atoms with van der Waals surface area (Å²) in [4.78, 5) is 4.47. The van der Waals surface area contributed by atoms with Gasteiger partial charge in [0.15, 0.2) is 0 Å². The highest BCUT2D eigenvalue weighted by molar-refractivity contribution is 6.95. The SMILES string of the molecule is CCCCCOc1cccc(C([Si]c2ccccc2)(c2cccc(OCCCCC)c2)n2ccnc2)c1.c1ccc(B(c2ccccc2)c2ccccc2)cc1. The van der Waals surface area contributed by atoms with Crippen LogP contribution in [0.4, 0.5) is 0 Å². The molecule has 56 heavy (non-hydrogen) atoms. The number of ether oxygens (including phenoxy) is 2. The van der Waals surface area contributed by atoms with Gasteiger partial charge in [-0.05, 0) is 48.2 Å². The van der Waals surface area contributed by atoms with Crippen molar-refractivity contribution < 1.29 is 9.47 Å². The van der Waals surface area contributed by atoms with Gasteiger partial charge in [0.05, 0.1) is 24.7 Å². The van der Waals surface area contributed by atoms with Gasteiger partial charge in [0.2, 0.25) is 6.71 Å². The van der Waals surface area contributed by atoms with Crippen LogP contribution in [0.2, 0.25) is 0 Å². The molecule has 0 aliphatic heterocycles. The summed E-state index contributed by atoms with van der Waals surface area (Å²) in [5, 5.41) is 0.781. The smallest absolute Gasteiger partial charge is 0.241 e. The zero-order valence-electron chi connectivity index (χ0n) is 32.8. The zero-order chi connectivity index (χ0) is 38.7. The highest BCUT2D eigenvalue weighted by Crippen LogP contribution is 2.36. The summed E-state index contributed by atoms with van der Waals surface area (Å²) in [6, 6.07) is 59.9. The second-order valence-electron chi connectivity index (χ2n) is 14.0. The fourth-order valence-electron chi connectivity index (χ4n) is 7.08. The molecule has 0 unspecified atom stereocenters. The van der Waals surface area contributed by atoms with Gasteiger partial charge in [0.1, 0.15) is 21.0 Å². The van der Waals surface area contributed by atoms with Crippen molar-refractivity contribution in [2.45, 2.75) is 57.5 Å². The normalized spacial score (nSPS) is 11.0. The highest BCUT2D eigenvalue weighted by Gasteiger charge is 2.38. The Bertz CT molecular complexity index is 1960. The number of hydrogen-bond acceptors (Lipinski definition) is 3. The molecule has 0 aliphatic rings. The van der Waals surface area contributed by atoms with Gasteiger partial charge in [-0.15, -0.1) is 0 Å². The topological polar surface area (TPSA) is 36.3 Å². The second kappa shape index (κ2) is 21.5. The minimum atomic E-state index is -0.497. The molecule has 0 bridgehead atoms. The van der Waals surface area contributed by atoms with Crippen LogP contribution in [0.15, 0.2) is 189 Å². The Labute approximate surface area is 337 Å². The van der Waals surface area contributed by atoms with Crippen LogP contribution in [-0.4, -0.2) is 39.0 Å². The third kappa shape index (κ3) is 10.8. The predicted molar refractivity (Wildman–Crippen MR) is 237 cm³/mol. The summed E-state index contributed by atoms with van der Waals surface area (Å²) in [6.45, 7) is 6.21. The fourth-order valence-corrected chi connectivity index (χ4v) is 8.72. The summed E-state index contributed by atoms with van der Waals surface area (Å²) in [5.74, 6) is 1.81. The van der Waals surface area contributed by atoms with E-state index in [1.54, 1.807) is 0 Å². The van der Waals surface area contributed by atoms with Gasteiger partial charge >= 0.3 is 0 Å². The molecular weight excluding hydrogens is 699 g/mol. The molecule has 0 amide bonds. The van der Waals surface area contributed by atoms with E-state index in [4.69, 9.17) is 9.47 Å². The van der Waals surface area contributed by atoms with Gasteiger partial charge in [-0.3, -0.25) is 0 Å². The first-order chi connectivity index (χ1) is 27.7. The Kier molecular flexibility index (Phi) is 15.4. The van der Waals surface area contributed by atoms with Crippen molar-refractivity contribution in [3.63, 3.8) is 0 Å². The molecule has 0 saturated carbocycles. The lowest BCUT2D eigenvalue weighted by molar-refractivity contribution is 0.305. The maximum absolute atomic E-state index is 6.20. The summed E-state index contributed by atoms with van der Waals surface area (Å²) < 4.78 is 14.6. The molecule has 0 atom stereocenters.